The van der Waals surface area contributed by atoms with E-state index in [1.807, 2.05) is 24.3 Å². The van der Waals surface area contributed by atoms with E-state index in [1.165, 1.54) is 6.07 Å². The minimum Gasteiger partial charge on any atom is -0.397 e. The Hall–Kier alpha value is -2.07. The lowest BCUT2D eigenvalue weighted by Crippen LogP contribution is -2.02. The van der Waals surface area contributed by atoms with Gasteiger partial charge in [-0.15, -0.1) is 0 Å². The highest BCUT2D eigenvalue weighted by Gasteiger charge is 2.08. The molecule has 0 aromatic heterocycles. The molecule has 0 saturated carbocycles. The van der Waals surface area contributed by atoms with E-state index in [1.54, 1.807) is 19.2 Å². The van der Waals surface area contributed by atoms with Crippen molar-refractivity contribution in [3.05, 3.63) is 53.8 Å². The number of halogens is 1. The molecule has 0 heterocycles. The molecule has 94 valence electrons. The lowest BCUT2D eigenvalue weighted by Gasteiger charge is -2.13. The van der Waals surface area contributed by atoms with E-state index in [9.17, 15) is 4.39 Å². The molecule has 2 aromatic rings. The van der Waals surface area contributed by atoms with Gasteiger partial charge in [0, 0.05) is 18.4 Å². The average molecular weight is 246 g/mol. The van der Waals surface area contributed by atoms with Crippen molar-refractivity contribution in [1.82, 2.24) is 0 Å². The fraction of sp³-hybridized carbons (Fsp3) is 0.143. The number of methoxy groups -OCH3 is 1. The van der Waals surface area contributed by atoms with Crippen LogP contribution in [0.3, 0.4) is 0 Å². The SMILES string of the molecule is COCc1ccccc1Nc1c(N)cccc1F. The van der Waals surface area contributed by atoms with E-state index in [2.05, 4.69) is 5.32 Å². The van der Waals surface area contributed by atoms with Gasteiger partial charge in [0.1, 0.15) is 5.82 Å². The Kier molecular flexibility index (Phi) is 3.79. The molecule has 18 heavy (non-hydrogen) atoms. The third kappa shape index (κ3) is 2.60. The summed E-state index contributed by atoms with van der Waals surface area (Å²) >= 11 is 0. The van der Waals surface area contributed by atoms with E-state index in [4.69, 9.17) is 10.5 Å². The number of ether oxygens (including phenoxy) is 1. The number of nitrogens with one attached hydrogen (secondary N) is 1. The molecule has 0 fully saturated rings. The molecule has 0 atom stereocenters. The normalized spacial score (nSPS) is 10.3. The number of hydrogen-bond acceptors (Lipinski definition) is 3. The van der Waals surface area contributed by atoms with Gasteiger partial charge in [-0.3, -0.25) is 0 Å². The van der Waals surface area contributed by atoms with Crippen molar-refractivity contribution >= 4 is 17.1 Å². The van der Waals surface area contributed by atoms with Crippen LogP contribution in [-0.2, 0) is 11.3 Å². The molecule has 0 spiro atoms. The number of benzene rings is 2. The minimum atomic E-state index is -0.373. The van der Waals surface area contributed by atoms with Crippen LogP contribution in [0, 0.1) is 5.82 Å². The van der Waals surface area contributed by atoms with Gasteiger partial charge >= 0.3 is 0 Å². The van der Waals surface area contributed by atoms with E-state index in [0.717, 1.165) is 11.3 Å². The second-order valence-corrected chi connectivity index (χ2v) is 3.92. The summed E-state index contributed by atoms with van der Waals surface area (Å²) in [5, 5.41) is 3.01. The quantitative estimate of drug-likeness (QED) is 0.814. The van der Waals surface area contributed by atoms with Gasteiger partial charge in [0.25, 0.3) is 0 Å². The maximum atomic E-state index is 13.7. The zero-order valence-corrected chi connectivity index (χ0v) is 10.1. The molecular formula is C14H15FN2O. The van der Waals surface area contributed by atoms with Crippen molar-refractivity contribution in [2.24, 2.45) is 0 Å². The van der Waals surface area contributed by atoms with Crippen molar-refractivity contribution in [3.8, 4) is 0 Å². The second-order valence-electron chi connectivity index (χ2n) is 3.92. The van der Waals surface area contributed by atoms with Crippen LogP contribution in [0.1, 0.15) is 5.56 Å². The molecule has 0 radical (unpaired) electrons. The summed E-state index contributed by atoms with van der Waals surface area (Å²) in [6, 6.07) is 12.2. The monoisotopic (exact) mass is 246 g/mol. The fourth-order valence-electron chi connectivity index (χ4n) is 1.73. The summed E-state index contributed by atoms with van der Waals surface area (Å²) in [7, 11) is 1.62. The number of anilines is 3. The topological polar surface area (TPSA) is 47.3 Å². The van der Waals surface area contributed by atoms with E-state index in [0.29, 0.717) is 18.0 Å². The number of hydrogen-bond donors (Lipinski definition) is 2. The van der Waals surface area contributed by atoms with E-state index in [-0.39, 0.29) is 5.82 Å². The van der Waals surface area contributed by atoms with Crippen LogP contribution in [-0.4, -0.2) is 7.11 Å². The molecule has 3 N–H and O–H groups in total. The molecule has 0 amide bonds. The number of para-hydroxylation sites is 2. The Morgan fingerprint density at radius 2 is 1.94 bits per heavy atom. The average Bonchev–Trinajstić information content (AvgIpc) is 2.36. The van der Waals surface area contributed by atoms with Gasteiger partial charge in [0.15, 0.2) is 0 Å². The van der Waals surface area contributed by atoms with Gasteiger partial charge in [-0.2, -0.15) is 0 Å². The molecule has 0 bridgehead atoms. The Labute approximate surface area is 105 Å². The third-order valence-electron chi connectivity index (χ3n) is 2.62. The molecule has 0 aliphatic carbocycles. The van der Waals surface area contributed by atoms with Crippen LogP contribution in [0.2, 0.25) is 0 Å². The van der Waals surface area contributed by atoms with Crippen LogP contribution in [0.4, 0.5) is 21.5 Å². The highest BCUT2D eigenvalue weighted by Crippen LogP contribution is 2.28. The van der Waals surface area contributed by atoms with Crippen LogP contribution in [0.5, 0.6) is 0 Å². The lowest BCUT2D eigenvalue weighted by atomic mass is 10.1. The van der Waals surface area contributed by atoms with E-state index < -0.39 is 0 Å². The predicted octanol–water partition coefficient (Wildman–Crippen LogP) is 3.30. The fourth-order valence-corrected chi connectivity index (χ4v) is 1.73. The lowest BCUT2D eigenvalue weighted by molar-refractivity contribution is 0.185. The molecule has 0 aliphatic heterocycles. The Bertz CT molecular complexity index is 523. The molecule has 4 heteroatoms. The first-order chi connectivity index (χ1) is 8.72. The Morgan fingerprint density at radius 3 is 2.67 bits per heavy atom. The maximum Gasteiger partial charge on any atom is 0.148 e. The van der Waals surface area contributed by atoms with Crippen molar-refractivity contribution < 1.29 is 9.13 Å². The summed E-state index contributed by atoms with van der Waals surface area (Å²) in [5.41, 5.74) is 8.16. The van der Waals surface area contributed by atoms with Gasteiger partial charge in [0.05, 0.1) is 18.0 Å². The van der Waals surface area contributed by atoms with Crippen molar-refractivity contribution in [3.63, 3.8) is 0 Å². The van der Waals surface area contributed by atoms with Crippen molar-refractivity contribution in [2.75, 3.05) is 18.2 Å². The largest absolute Gasteiger partial charge is 0.397 e. The number of rotatable bonds is 4. The first-order valence-electron chi connectivity index (χ1n) is 5.60. The standard InChI is InChI=1S/C14H15FN2O/c1-18-9-10-5-2-3-8-13(10)17-14-11(15)6-4-7-12(14)16/h2-8,17H,9,16H2,1H3. The molecular weight excluding hydrogens is 231 g/mol. The summed E-state index contributed by atoms with van der Waals surface area (Å²) < 4.78 is 18.8. The summed E-state index contributed by atoms with van der Waals surface area (Å²) in [5.74, 6) is -0.373. The number of nitrogen functional groups attached to an aromatic ring is 1. The highest BCUT2D eigenvalue weighted by molar-refractivity contribution is 5.74. The van der Waals surface area contributed by atoms with Crippen molar-refractivity contribution in [2.45, 2.75) is 6.61 Å². The van der Waals surface area contributed by atoms with Gasteiger partial charge in [-0.1, -0.05) is 24.3 Å². The van der Waals surface area contributed by atoms with Gasteiger partial charge in [-0.25, -0.2) is 4.39 Å². The molecule has 2 rings (SSSR count). The van der Waals surface area contributed by atoms with E-state index >= 15 is 0 Å². The van der Waals surface area contributed by atoms with Crippen LogP contribution >= 0.6 is 0 Å². The molecule has 0 saturated heterocycles. The molecule has 3 nitrogen and oxygen atoms in total. The highest BCUT2D eigenvalue weighted by atomic mass is 19.1. The smallest absolute Gasteiger partial charge is 0.148 e. The summed E-state index contributed by atoms with van der Waals surface area (Å²) in [6.07, 6.45) is 0. The van der Waals surface area contributed by atoms with Gasteiger partial charge in [-0.05, 0) is 18.2 Å². The predicted molar refractivity (Wildman–Crippen MR) is 71.3 cm³/mol. The molecule has 2 aromatic carbocycles. The second kappa shape index (κ2) is 5.51. The first-order valence-corrected chi connectivity index (χ1v) is 5.60. The Balaban J connectivity index is 2.34. The van der Waals surface area contributed by atoms with Crippen LogP contribution < -0.4 is 11.1 Å². The summed E-state index contributed by atoms with van der Waals surface area (Å²) in [6.45, 7) is 0.456. The molecule has 0 unspecified atom stereocenters. The van der Waals surface area contributed by atoms with Crippen LogP contribution in [0.15, 0.2) is 42.5 Å². The van der Waals surface area contributed by atoms with Gasteiger partial charge in [0.2, 0.25) is 0 Å². The summed E-state index contributed by atoms with van der Waals surface area (Å²) in [4.78, 5) is 0. The zero-order valence-electron chi connectivity index (χ0n) is 10.1. The Morgan fingerprint density at radius 1 is 1.17 bits per heavy atom. The molecule has 0 aliphatic rings. The number of nitrogens with two attached hydrogens (primary N) is 1. The van der Waals surface area contributed by atoms with Gasteiger partial charge < -0.3 is 15.8 Å². The first kappa shape index (κ1) is 12.4. The third-order valence-corrected chi connectivity index (χ3v) is 2.62. The minimum absolute atomic E-state index is 0.293. The van der Waals surface area contributed by atoms with Crippen LogP contribution in [0.25, 0.3) is 0 Å². The zero-order chi connectivity index (χ0) is 13.0. The van der Waals surface area contributed by atoms with Crippen molar-refractivity contribution in [1.29, 1.82) is 0 Å². The maximum absolute atomic E-state index is 13.7.